The Bertz CT molecular complexity index is 570. The summed E-state index contributed by atoms with van der Waals surface area (Å²) in [6.45, 7) is -0.203. The number of aliphatic hydroxyl groups excluding tert-OH is 1. The van der Waals surface area contributed by atoms with Crippen molar-refractivity contribution in [3.8, 4) is 0 Å². The van der Waals surface area contributed by atoms with Crippen molar-refractivity contribution in [1.82, 2.24) is 15.3 Å². The Labute approximate surface area is 90.3 Å². The van der Waals surface area contributed by atoms with Crippen LogP contribution in [0.25, 0.3) is 11.0 Å². The van der Waals surface area contributed by atoms with Gasteiger partial charge < -0.3 is 20.4 Å². The summed E-state index contributed by atoms with van der Waals surface area (Å²) >= 11 is 0. The first-order valence-corrected chi connectivity index (χ1v) is 4.77. The van der Waals surface area contributed by atoms with Crippen molar-refractivity contribution >= 4 is 16.9 Å². The molecule has 2 rings (SSSR count). The van der Waals surface area contributed by atoms with E-state index in [1.807, 2.05) is 0 Å². The largest absolute Gasteiger partial charge is 0.387 e. The molecule has 0 atom stereocenters. The molecule has 6 heteroatoms. The number of aromatic nitrogens is 2. The van der Waals surface area contributed by atoms with Crippen LogP contribution in [0.15, 0.2) is 23.0 Å². The van der Waals surface area contributed by atoms with E-state index in [9.17, 15) is 9.59 Å². The third-order valence-corrected chi connectivity index (χ3v) is 2.21. The number of carbonyl (C=O) groups is 1. The number of amides is 1. The lowest BCUT2D eigenvalue weighted by molar-refractivity contribution is -0.123. The van der Waals surface area contributed by atoms with E-state index >= 15 is 0 Å². The number of aliphatic hydroxyl groups is 1. The molecule has 0 spiro atoms. The predicted octanol–water partition coefficient (Wildman–Crippen LogP) is -0.535. The van der Waals surface area contributed by atoms with Gasteiger partial charge in [-0.25, -0.2) is 4.79 Å². The van der Waals surface area contributed by atoms with E-state index in [-0.39, 0.29) is 5.69 Å². The van der Waals surface area contributed by atoms with E-state index in [1.54, 1.807) is 18.2 Å². The number of carbonyl (C=O) groups excluding carboxylic acids is 1. The number of nitrogens with one attached hydrogen (secondary N) is 3. The van der Waals surface area contributed by atoms with Crippen molar-refractivity contribution in [3.05, 3.63) is 34.2 Å². The summed E-state index contributed by atoms with van der Waals surface area (Å²) in [5.41, 5.74) is 2.01. The van der Waals surface area contributed by atoms with Gasteiger partial charge >= 0.3 is 5.69 Å². The lowest BCUT2D eigenvalue weighted by Gasteiger charge is -2.02. The summed E-state index contributed by atoms with van der Waals surface area (Å²) in [7, 11) is 0. The standard InChI is InChI=1S/C10H11N3O3/c14-5-9(15)11-4-6-1-2-7-8(3-6)13-10(16)12-7/h1-3,14H,4-5H2,(H,11,15)(H2,12,13,16). The zero-order valence-corrected chi connectivity index (χ0v) is 8.41. The minimum Gasteiger partial charge on any atom is -0.387 e. The van der Waals surface area contributed by atoms with E-state index in [2.05, 4.69) is 15.3 Å². The summed E-state index contributed by atoms with van der Waals surface area (Å²) in [5.74, 6) is -0.428. The lowest BCUT2D eigenvalue weighted by atomic mass is 10.2. The van der Waals surface area contributed by atoms with Gasteiger partial charge in [0.25, 0.3) is 0 Å². The molecule has 0 saturated carbocycles. The molecule has 4 N–H and O–H groups in total. The Morgan fingerprint density at radius 2 is 2.06 bits per heavy atom. The quantitative estimate of drug-likeness (QED) is 0.560. The number of hydrogen-bond donors (Lipinski definition) is 4. The summed E-state index contributed by atoms with van der Waals surface area (Å²) in [6, 6.07) is 5.32. The number of hydrogen-bond acceptors (Lipinski definition) is 3. The molecule has 2 aromatic rings. The van der Waals surface area contributed by atoms with Gasteiger partial charge in [0.1, 0.15) is 6.61 Å². The monoisotopic (exact) mass is 221 g/mol. The second kappa shape index (κ2) is 4.19. The van der Waals surface area contributed by atoms with Crippen LogP contribution in [0.3, 0.4) is 0 Å². The minimum atomic E-state index is -0.525. The Morgan fingerprint density at radius 3 is 2.81 bits per heavy atom. The first-order chi connectivity index (χ1) is 7.69. The molecule has 0 saturated heterocycles. The number of benzene rings is 1. The highest BCUT2D eigenvalue weighted by molar-refractivity contribution is 5.77. The van der Waals surface area contributed by atoms with Gasteiger partial charge in [0.05, 0.1) is 11.0 Å². The average Bonchev–Trinajstić information content (AvgIpc) is 2.65. The maximum absolute atomic E-state index is 11.0. The zero-order chi connectivity index (χ0) is 11.5. The van der Waals surface area contributed by atoms with Crippen molar-refractivity contribution in [2.45, 2.75) is 6.54 Å². The molecule has 0 aliphatic rings. The second-order valence-corrected chi connectivity index (χ2v) is 3.39. The van der Waals surface area contributed by atoms with Crippen molar-refractivity contribution in [2.24, 2.45) is 0 Å². The van der Waals surface area contributed by atoms with Crippen molar-refractivity contribution in [2.75, 3.05) is 6.61 Å². The fourth-order valence-corrected chi connectivity index (χ4v) is 1.45. The summed E-state index contributed by atoms with van der Waals surface area (Å²) in [5, 5.41) is 11.1. The highest BCUT2D eigenvalue weighted by Gasteiger charge is 2.01. The van der Waals surface area contributed by atoms with Crippen LogP contribution in [0.4, 0.5) is 0 Å². The Morgan fingerprint density at radius 1 is 1.31 bits per heavy atom. The van der Waals surface area contributed by atoms with Gasteiger partial charge in [-0.05, 0) is 17.7 Å². The average molecular weight is 221 g/mol. The molecular weight excluding hydrogens is 210 g/mol. The van der Waals surface area contributed by atoms with Crippen molar-refractivity contribution in [3.63, 3.8) is 0 Å². The molecule has 1 amide bonds. The van der Waals surface area contributed by atoms with Gasteiger partial charge in [-0.3, -0.25) is 4.79 Å². The highest BCUT2D eigenvalue weighted by Crippen LogP contribution is 2.09. The van der Waals surface area contributed by atoms with Gasteiger partial charge in [-0.15, -0.1) is 0 Å². The topological polar surface area (TPSA) is 98.0 Å². The van der Waals surface area contributed by atoms with E-state index in [0.717, 1.165) is 11.1 Å². The van der Waals surface area contributed by atoms with Crippen LogP contribution in [-0.2, 0) is 11.3 Å². The molecule has 0 bridgehead atoms. The molecule has 84 valence electrons. The number of H-pyrrole nitrogens is 2. The van der Waals surface area contributed by atoms with Crippen LogP contribution in [-0.4, -0.2) is 27.6 Å². The molecule has 0 radical (unpaired) electrons. The Hall–Kier alpha value is -2.08. The maximum Gasteiger partial charge on any atom is 0.323 e. The lowest BCUT2D eigenvalue weighted by Crippen LogP contribution is -2.25. The zero-order valence-electron chi connectivity index (χ0n) is 8.41. The van der Waals surface area contributed by atoms with Gasteiger partial charge in [-0.2, -0.15) is 0 Å². The molecule has 16 heavy (non-hydrogen) atoms. The van der Waals surface area contributed by atoms with Gasteiger partial charge in [0.2, 0.25) is 5.91 Å². The van der Waals surface area contributed by atoms with E-state index in [0.29, 0.717) is 12.1 Å². The molecule has 1 aromatic heterocycles. The smallest absolute Gasteiger partial charge is 0.323 e. The second-order valence-electron chi connectivity index (χ2n) is 3.39. The Kier molecular flexibility index (Phi) is 2.74. The molecule has 6 nitrogen and oxygen atoms in total. The van der Waals surface area contributed by atoms with Crippen LogP contribution in [0.2, 0.25) is 0 Å². The van der Waals surface area contributed by atoms with E-state index < -0.39 is 12.5 Å². The van der Waals surface area contributed by atoms with Crippen LogP contribution >= 0.6 is 0 Å². The van der Waals surface area contributed by atoms with E-state index in [4.69, 9.17) is 5.11 Å². The van der Waals surface area contributed by atoms with Gasteiger partial charge in [0.15, 0.2) is 0 Å². The SMILES string of the molecule is O=C(CO)NCc1ccc2[nH]c(=O)[nH]c2c1. The number of aromatic amines is 2. The predicted molar refractivity (Wildman–Crippen MR) is 57.9 cm³/mol. The number of rotatable bonds is 3. The summed E-state index contributed by atoms with van der Waals surface area (Å²) in [4.78, 5) is 27.1. The molecule has 0 fully saturated rings. The fourth-order valence-electron chi connectivity index (χ4n) is 1.45. The maximum atomic E-state index is 11.0. The number of fused-ring (bicyclic) bond motifs is 1. The molecule has 0 aliphatic carbocycles. The van der Waals surface area contributed by atoms with Crippen molar-refractivity contribution in [1.29, 1.82) is 0 Å². The highest BCUT2D eigenvalue weighted by atomic mass is 16.3. The third-order valence-electron chi connectivity index (χ3n) is 2.21. The molecule has 0 aliphatic heterocycles. The Balaban J connectivity index is 2.19. The first-order valence-electron chi connectivity index (χ1n) is 4.77. The normalized spacial score (nSPS) is 10.6. The van der Waals surface area contributed by atoms with Gasteiger partial charge in [-0.1, -0.05) is 6.07 Å². The van der Waals surface area contributed by atoms with E-state index in [1.165, 1.54) is 0 Å². The van der Waals surface area contributed by atoms with Crippen LogP contribution < -0.4 is 11.0 Å². The molecular formula is C10H11N3O3. The first kappa shape index (κ1) is 10.4. The third kappa shape index (κ3) is 2.12. The number of imidazole rings is 1. The van der Waals surface area contributed by atoms with Crippen LogP contribution in [0.1, 0.15) is 5.56 Å². The van der Waals surface area contributed by atoms with Crippen LogP contribution in [0, 0.1) is 0 Å². The summed E-state index contributed by atoms with van der Waals surface area (Å²) in [6.07, 6.45) is 0. The molecule has 0 unspecified atom stereocenters. The van der Waals surface area contributed by atoms with Crippen LogP contribution in [0.5, 0.6) is 0 Å². The fraction of sp³-hybridized carbons (Fsp3) is 0.200. The summed E-state index contributed by atoms with van der Waals surface area (Å²) < 4.78 is 0. The minimum absolute atomic E-state index is 0.258. The molecule has 1 heterocycles. The van der Waals surface area contributed by atoms with Crippen molar-refractivity contribution < 1.29 is 9.90 Å². The molecule has 1 aromatic carbocycles. The van der Waals surface area contributed by atoms with Gasteiger partial charge in [0, 0.05) is 6.54 Å².